The molecule has 0 saturated carbocycles. The van der Waals surface area contributed by atoms with Crippen LogP contribution >= 0.6 is 23.2 Å². The van der Waals surface area contributed by atoms with Gasteiger partial charge in [0.2, 0.25) is 15.9 Å². The second-order valence-corrected chi connectivity index (χ2v) is 8.30. The van der Waals surface area contributed by atoms with Gasteiger partial charge in [0.15, 0.2) is 5.78 Å². The van der Waals surface area contributed by atoms with Crippen molar-refractivity contribution in [3.8, 4) is 0 Å². The average molecular weight is 415 g/mol. The number of nitrogens with one attached hydrogen (secondary N) is 1. The number of Topliss-reactive ketones (excluding diaryl/α,β-unsaturated/α-hetero) is 1. The summed E-state index contributed by atoms with van der Waals surface area (Å²) >= 11 is 11.9. The number of carbonyl (C=O) groups excluding carboxylic acids is 2. The van der Waals surface area contributed by atoms with Crippen molar-refractivity contribution >= 4 is 56.3 Å². The minimum atomic E-state index is -3.76. The van der Waals surface area contributed by atoms with Crippen LogP contribution in [0.25, 0.3) is 0 Å². The monoisotopic (exact) mass is 414 g/mol. The minimum Gasteiger partial charge on any atom is -0.323 e. The van der Waals surface area contributed by atoms with Gasteiger partial charge in [-0.1, -0.05) is 35.3 Å². The summed E-state index contributed by atoms with van der Waals surface area (Å²) in [5.41, 5.74) is 0.831. The van der Waals surface area contributed by atoms with Gasteiger partial charge in [0.1, 0.15) is 6.54 Å². The minimum absolute atomic E-state index is 0.213. The lowest BCUT2D eigenvalue weighted by molar-refractivity contribution is -0.114. The maximum atomic E-state index is 12.3. The Morgan fingerprint density at radius 1 is 1.12 bits per heavy atom. The van der Waals surface area contributed by atoms with Crippen molar-refractivity contribution in [3.63, 3.8) is 0 Å². The number of nitrogens with zero attached hydrogens (tertiary/aromatic N) is 1. The molecule has 138 valence electrons. The van der Waals surface area contributed by atoms with Crippen LogP contribution in [0.5, 0.6) is 0 Å². The fourth-order valence-electron chi connectivity index (χ4n) is 2.19. The van der Waals surface area contributed by atoms with E-state index in [0.717, 1.165) is 10.6 Å². The van der Waals surface area contributed by atoms with Gasteiger partial charge in [-0.05, 0) is 37.3 Å². The first-order valence-corrected chi connectivity index (χ1v) is 10.0. The van der Waals surface area contributed by atoms with E-state index in [-0.39, 0.29) is 22.2 Å². The Morgan fingerprint density at radius 3 is 2.42 bits per heavy atom. The van der Waals surface area contributed by atoms with Gasteiger partial charge in [-0.25, -0.2) is 8.42 Å². The number of anilines is 2. The van der Waals surface area contributed by atoms with Gasteiger partial charge in [-0.3, -0.25) is 13.9 Å². The predicted octanol–water partition coefficient (Wildman–Crippen LogP) is 3.60. The predicted molar refractivity (Wildman–Crippen MR) is 104 cm³/mol. The van der Waals surface area contributed by atoms with E-state index in [9.17, 15) is 18.0 Å². The molecule has 0 fully saturated rings. The van der Waals surface area contributed by atoms with Crippen molar-refractivity contribution in [2.45, 2.75) is 6.92 Å². The second kappa shape index (κ2) is 8.07. The number of sulfonamides is 1. The second-order valence-electron chi connectivity index (χ2n) is 5.55. The molecule has 6 nitrogen and oxygen atoms in total. The van der Waals surface area contributed by atoms with E-state index in [1.807, 2.05) is 0 Å². The van der Waals surface area contributed by atoms with Crippen LogP contribution in [0.15, 0.2) is 42.5 Å². The molecule has 2 aromatic rings. The maximum Gasteiger partial charge on any atom is 0.245 e. The molecule has 2 rings (SSSR count). The number of hydrogen-bond acceptors (Lipinski definition) is 4. The number of ketones is 1. The molecular weight excluding hydrogens is 399 g/mol. The third-order valence-corrected chi connectivity index (χ3v) is 5.14. The Balaban J connectivity index is 2.29. The summed E-state index contributed by atoms with van der Waals surface area (Å²) in [6.45, 7) is 0.890. The first-order valence-electron chi connectivity index (χ1n) is 7.41. The number of carbonyl (C=O) groups is 2. The summed E-state index contributed by atoms with van der Waals surface area (Å²) in [4.78, 5) is 23.9. The van der Waals surface area contributed by atoms with E-state index >= 15 is 0 Å². The number of halogens is 2. The molecule has 2 aromatic carbocycles. The Bertz CT molecular complexity index is 961. The molecule has 0 unspecified atom stereocenters. The SMILES string of the molecule is CC(=O)c1cccc(N(CC(=O)Nc2cc(Cl)ccc2Cl)S(C)(=O)=O)c1. The largest absolute Gasteiger partial charge is 0.323 e. The Morgan fingerprint density at radius 2 is 1.81 bits per heavy atom. The number of benzene rings is 2. The molecule has 0 heterocycles. The molecule has 0 aliphatic heterocycles. The van der Waals surface area contributed by atoms with Crippen molar-refractivity contribution in [2.75, 3.05) is 22.4 Å². The zero-order valence-corrected chi connectivity index (χ0v) is 16.3. The third-order valence-electron chi connectivity index (χ3n) is 3.43. The molecule has 9 heteroatoms. The molecule has 26 heavy (non-hydrogen) atoms. The molecule has 0 aliphatic carbocycles. The zero-order chi connectivity index (χ0) is 19.5. The lowest BCUT2D eigenvalue weighted by Gasteiger charge is -2.22. The van der Waals surface area contributed by atoms with Gasteiger partial charge in [0, 0.05) is 10.6 Å². The molecule has 1 amide bonds. The fraction of sp³-hybridized carbons (Fsp3) is 0.176. The summed E-state index contributed by atoms with van der Waals surface area (Å²) in [6, 6.07) is 10.6. The summed E-state index contributed by atoms with van der Waals surface area (Å²) in [6.07, 6.45) is 0.979. The van der Waals surface area contributed by atoms with Crippen molar-refractivity contribution in [2.24, 2.45) is 0 Å². The van der Waals surface area contributed by atoms with Crippen LogP contribution in [0.3, 0.4) is 0 Å². The highest BCUT2D eigenvalue weighted by Gasteiger charge is 2.22. The number of amides is 1. The van der Waals surface area contributed by atoms with Crippen LogP contribution in [-0.2, 0) is 14.8 Å². The molecule has 0 bridgehead atoms. The van der Waals surface area contributed by atoms with Gasteiger partial charge < -0.3 is 5.32 Å². The molecule has 0 atom stereocenters. The van der Waals surface area contributed by atoms with Gasteiger partial charge >= 0.3 is 0 Å². The van der Waals surface area contributed by atoms with E-state index < -0.39 is 22.5 Å². The fourth-order valence-corrected chi connectivity index (χ4v) is 3.38. The Labute approximate surface area is 161 Å². The molecule has 0 aromatic heterocycles. The Kier molecular flexibility index (Phi) is 6.28. The number of hydrogen-bond donors (Lipinski definition) is 1. The first-order chi connectivity index (χ1) is 12.1. The van der Waals surface area contributed by atoms with Crippen LogP contribution in [0.1, 0.15) is 17.3 Å². The van der Waals surface area contributed by atoms with Crippen LogP contribution in [0, 0.1) is 0 Å². The molecule has 0 saturated heterocycles. The van der Waals surface area contributed by atoms with Gasteiger partial charge in [0.25, 0.3) is 0 Å². The highest BCUT2D eigenvalue weighted by Crippen LogP contribution is 2.26. The zero-order valence-electron chi connectivity index (χ0n) is 14.0. The lowest BCUT2D eigenvalue weighted by Crippen LogP contribution is -2.37. The van der Waals surface area contributed by atoms with E-state index in [1.54, 1.807) is 18.2 Å². The summed E-state index contributed by atoms with van der Waals surface area (Å²) in [5, 5.41) is 3.18. The lowest BCUT2D eigenvalue weighted by atomic mass is 10.1. The van der Waals surface area contributed by atoms with Gasteiger partial charge in [-0.15, -0.1) is 0 Å². The number of rotatable bonds is 6. The molecular formula is C17H16Cl2N2O4S. The standard InChI is InChI=1S/C17H16Cl2N2O4S/c1-11(22)12-4-3-5-14(8-12)21(26(2,24)25)10-17(23)20-16-9-13(18)6-7-15(16)19/h3-9H,10H2,1-2H3,(H,20,23). The van der Waals surface area contributed by atoms with Crippen molar-refractivity contribution in [1.29, 1.82) is 0 Å². The van der Waals surface area contributed by atoms with Gasteiger partial charge in [0.05, 0.1) is 22.7 Å². The smallest absolute Gasteiger partial charge is 0.245 e. The normalized spacial score (nSPS) is 11.1. The molecule has 1 N–H and O–H groups in total. The quantitative estimate of drug-likeness (QED) is 0.731. The third kappa shape index (κ3) is 5.20. The average Bonchev–Trinajstić information content (AvgIpc) is 2.55. The van der Waals surface area contributed by atoms with Crippen molar-refractivity contribution in [1.82, 2.24) is 0 Å². The van der Waals surface area contributed by atoms with Gasteiger partial charge in [-0.2, -0.15) is 0 Å². The molecule has 0 spiro atoms. The van der Waals surface area contributed by atoms with Crippen LogP contribution < -0.4 is 9.62 Å². The highest BCUT2D eigenvalue weighted by atomic mass is 35.5. The van der Waals surface area contributed by atoms with E-state index in [0.29, 0.717) is 10.6 Å². The van der Waals surface area contributed by atoms with Crippen LogP contribution in [-0.4, -0.2) is 32.9 Å². The van der Waals surface area contributed by atoms with Crippen LogP contribution in [0.4, 0.5) is 11.4 Å². The first kappa shape index (κ1) is 20.2. The maximum absolute atomic E-state index is 12.3. The van der Waals surface area contributed by atoms with E-state index in [2.05, 4.69) is 5.32 Å². The Hall–Kier alpha value is -2.09. The topological polar surface area (TPSA) is 83.6 Å². The molecule has 0 aliphatic rings. The summed E-state index contributed by atoms with van der Waals surface area (Å²) < 4.78 is 25.2. The summed E-state index contributed by atoms with van der Waals surface area (Å²) in [7, 11) is -3.76. The highest BCUT2D eigenvalue weighted by molar-refractivity contribution is 7.92. The van der Waals surface area contributed by atoms with Crippen LogP contribution in [0.2, 0.25) is 10.0 Å². The van der Waals surface area contributed by atoms with Crippen molar-refractivity contribution < 1.29 is 18.0 Å². The van der Waals surface area contributed by atoms with E-state index in [1.165, 1.54) is 31.2 Å². The summed E-state index contributed by atoms with van der Waals surface area (Å²) in [5.74, 6) is -0.816. The molecule has 0 radical (unpaired) electrons. The van der Waals surface area contributed by atoms with Crippen molar-refractivity contribution in [3.05, 3.63) is 58.1 Å². The van der Waals surface area contributed by atoms with E-state index in [4.69, 9.17) is 23.2 Å².